The molecule has 0 saturated heterocycles. The fraction of sp³-hybridized carbons (Fsp3) is 0.133. The summed E-state index contributed by atoms with van der Waals surface area (Å²) in [6, 6.07) is 7.60. The number of nitrogens with one attached hydrogen (secondary N) is 1. The van der Waals surface area contributed by atoms with Crippen LogP contribution >= 0.6 is 34.8 Å². The molecule has 0 amide bonds. The lowest BCUT2D eigenvalue weighted by molar-refractivity contribution is 0.101. The Hall–Kier alpha value is -1.31. The minimum absolute atomic E-state index is 0.0261. The summed E-state index contributed by atoms with van der Waals surface area (Å²) < 4.78 is 28.0. The van der Waals surface area contributed by atoms with Crippen molar-refractivity contribution in [1.82, 2.24) is 0 Å². The summed E-state index contributed by atoms with van der Waals surface area (Å²) in [5.41, 5.74) is 1.28. The summed E-state index contributed by atoms with van der Waals surface area (Å²) in [5.74, 6) is 0.0857. The van der Waals surface area contributed by atoms with Crippen molar-refractivity contribution in [2.24, 2.45) is 0 Å². The van der Waals surface area contributed by atoms with Crippen LogP contribution in [0.1, 0.15) is 22.8 Å². The van der Waals surface area contributed by atoms with Crippen molar-refractivity contribution in [3.05, 3.63) is 56.5 Å². The van der Waals surface area contributed by atoms with Crippen molar-refractivity contribution in [1.29, 1.82) is 0 Å². The van der Waals surface area contributed by atoms with E-state index in [4.69, 9.17) is 44.1 Å². The molecule has 2 aromatic carbocycles. The highest BCUT2D eigenvalue weighted by atomic mass is 35.5. The number of carbonyl (C=O) groups excluding carboxylic acids is 1. The van der Waals surface area contributed by atoms with Crippen LogP contribution in [0, 0.1) is 0 Å². The Balaban J connectivity index is 2.32. The van der Waals surface area contributed by atoms with E-state index in [0.717, 1.165) is 0 Å². The third-order valence-electron chi connectivity index (χ3n) is 3.04. The number of benzene rings is 2. The average molecular weight is 409 g/mol. The van der Waals surface area contributed by atoms with Gasteiger partial charge in [-0.25, -0.2) is 4.21 Å². The zero-order valence-corrected chi connectivity index (χ0v) is 15.4. The van der Waals surface area contributed by atoms with E-state index in [1.807, 2.05) is 0 Å². The summed E-state index contributed by atoms with van der Waals surface area (Å²) in [5, 5.41) is 0.833. The van der Waals surface area contributed by atoms with Crippen LogP contribution in [0.5, 0.6) is 5.75 Å². The normalized spacial score (nSPS) is 11.9. The van der Waals surface area contributed by atoms with Gasteiger partial charge in [0.25, 0.3) is 11.3 Å². The number of ether oxygens (including phenoxy) is 1. The lowest BCUT2D eigenvalue weighted by atomic mass is 10.1. The first-order valence-electron chi connectivity index (χ1n) is 6.56. The van der Waals surface area contributed by atoms with Gasteiger partial charge in [0.15, 0.2) is 11.5 Å². The molecule has 9 heteroatoms. The maximum atomic E-state index is 11.5. The SMILES string of the molecule is CC(=O)c1ccc(NS(=O)O)c(COc2c(Cl)cc(Cl)cc2Cl)c1. The van der Waals surface area contributed by atoms with Gasteiger partial charge in [0, 0.05) is 16.1 Å². The molecule has 2 rings (SSSR count). The van der Waals surface area contributed by atoms with Crippen molar-refractivity contribution in [3.63, 3.8) is 0 Å². The Labute approximate surface area is 156 Å². The highest BCUT2D eigenvalue weighted by Gasteiger charge is 2.13. The van der Waals surface area contributed by atoms with Crippen LogP contribution in [0.3, 0.4) is 0 Å². The van der Waals surface area contributed by atoms with Crippen LogP contribution in [0.4, 0.5) is 5.69 Å². The van der Waals surface area contributed by atoms with Gasteiger partial charge in [-0.2, -0.15) is 0 Å². The van der Waals surface area contributed by atoms with Gasteiger partial charge in [-0.3, -0.25) is 14.1 Å². The number of anilines is 1. The number of ketones is 1. The van der Waals surface area contributed by atoms with Crippen molar-refractivity contribution in [2.45, 2.75) is 13.5 Å². The predicted octanol–water partition coefficient (Wildman–Crippen LogP) is 4.98. The molecule has 0 saturated carbocycles. The molecule has 2 N–H and O–H groups in total. The van der Waals surface area contributed by atoms with Gasteiger partial charge in [0.05, 0.1) is 15.7 Å². The second-order valence-electron chi connectivity index (χ2n) is 4.77. The monoisotopic (exact) mass is 407 g/mol. The third kappa shape index (κ3) is 4.84. The van der Waals surface area contributed by atoms with Gasteiger partial charge < -0.3 is 4.74 Å². The highest BCUT2D eigenvalue weighted by molar-refractivity contribution is 7.80. The van der Waals surface area contributed by atoms with E-state index < -0.39 is 11.3 Å². The van der Waals surface area contributed by atoms with Crippen LogP contribution < -0.4 is 9.46 Å². The number of hydrogen-bond donors (Lipinski definition) is 2. The molecule has 0 spiro atoms. The first-order chi connectivity index (χ1) is 11.3. The summed E-state index contributed by atoms with van der Waals surface area (Å²) in [6.45, 7) is 1.39. The van der Waals surface area contributed by atoms with Gasteiger partial charge in [-0.05, 0) is 37.3 Å². The molecule has 1 unspecified atom stereocenters. The molecule has 0 bridgehead atoms. The van der Waals surface area contributed by atoms with Gasteiger partial charge in [0.1, 0.15) is 6.61 Å². The number of carbonyl (C=O) groups is 1. The lowest BCUT2D eigenvalue weighted by Crippen LogP contribution is -2.08. The topological polar surface area (TPSA) is 75.6 Å². The third-order valence-corrected chi connectivity index (χ3v) is 4.22. The van der Waals surface area contributed by atoms with Crippen LogP contribution in [-0.4, -0.2) is 14.5 Å². The number of halogens is 3. The molecule has 24 heavy (non-hydrogen) atoms. The largest absolute Gasteiger partial charge is 0.486 e. The average Bonchev–Trinajstić information content (AvgIpc) is 2.46. The van der Waals surface area contributed by atoms with Crippen LogP contribution in [0.25, 0.3) is 0 Å². The van der Waals surface area contributed by atoms with Gasteiger partial charge in [-0.1, -0.05) is 34.8 Å². The van der Waals surface area contributed by atoms with Gasteiger partial charge in [-0.15, -0.1) is 0 Å². The van der Waals surface area contributed by atoms with E-state index >= 15 is 0 Å². The molecule has 0 radical (unpaired) electrons. The molecule has 128 valence electrons. The molecular weight excluding hydrogens is 397 g/mol. The van der Waals surface area contributed by atoms with Crippen molar-refractivity contribution >= 4 is 57.5 Å². The molecular formula is C15H12Cl3NO4S. The Bertz CT molecular complexity index is 790. The predicted molar refractivity (Wildman–Crippen MR) is 96.6 cm³/mol. The molecule has 0 aliphatic heterocycles. The van der Waals surface area contributed by atoms with Crippen LogP contribution in [0.2, 0.25) is 15.1 Å². The number of hydrogen-bond acceptors (Lipinski definition) is 3. The first-order valence-corrected chi connectivity index (χ1v) is 8.80. The van der Waals surface area contributed by atoms with Crippen molar-refractivity contribution in [2.75, 3.05) is 4.72 Å². The fourth-order valence-corrected chi connectivity index (χ4v) is 3.26. The smallest absolute Gasteiger partial charge is 0.259 e. The number of rotatable bonds is 6. The molecule has 0 aromatic heterocycles. The Morgan fingerprint density at radius 3 is 2.38 bits per heavy atom. The zero-order valence-electron chi connectivity index (χ0n) is 12.3. The lowest BCUT2D eigenvalue weighted by Gasteiger charge is -2.14. The van der Waals surface area contributed by atoms with E-state index in [1.165, 1.54) is 25.1 Å². The van der Waals surface area contributed by atoms with E-state index in [9.17, 15) is 9.00 Å². The molecule has 0 aliphatic carbocycles. The van der Waals surface area contributed by atoms with E-state index in [0.29, 0.717) is 21.8 Å². The minimum atomic E-state index is -2.26. The maximum absolute atomic E-state index is 11.5. The Kier molecular flexibility index (Phi) is 6.48. The van der Waals surface area contributed by atoms with Crippen LogP contribution in [0.15, 0.2) is 30.3 Å². The van der Waals surface area contributed by atoms with Crippen LogP contribution in [-0.2, 0) is 17.9 Å². The Morgan fingerprint density at radius 1 is 1.21 bits per heavy atom. The van der Waals surface area contributed by atoms with Gasteiger partial charge in [0.2, 0.25) is 0 Å². The summed E-state index contributed by atoms with van der Waals surface area (Å²) in [6.07, 6.45) is 0. The van der Waals surface area contributed by atoms with E-state index in [-0.39, 0.29) is 28.2 Å². The minimum Gasteiger partial charge on any atom is -0.486 e. The van der Waals surface area contributed by atoms with Gasteiger partial charge >= 0.3 is 0 Å². The van der Waals surface area contributed by atoms with E-state index in [2.05, 4.69) is 4.72 Å². The van der Waals surface area contributed by atoms with E-state index in [1.54, 1.807) is 12.1 Å². The van der Waals surface area contributed by atoms with Crippen molar-refractivity contribution in [3.8, 4) is 5.75 Å². The second-order valence-corrected chi connectivity index (χ2v) is 6.72. The molecule has 0 heterocycles. The maximum Gasteiger partial charge on any atom is 0.259 e. The summed E-state index contributed by atoms with van der Waals surface area (Å²) in [4.78, 5) is 11.5. The second kappa shape index (κ2) is 8.18. The standard InChI is InChI=1S/C15H12Cl3NO4S/c1-8(20)9-2-3-14(19-24(21)22)10(4-9)7-23-15-12(17)5-11(16)6-13(15)18/h2-6,19H,7H2,1H3,(H,21,22). The first kappa shape index (κ1) is 19.0. The highest BCUT2D eigenvalue weighted by Crippen LogP contribution is 2.36. The van der Waals surface area contributed by atoms with Crippen molar-refractivity contribution < 1.29 is 18.3 Å². The Morgan fingerprint density at radius 2 is 1.83 bits per heavy atom. The molecule has 5 nitrogen and oxygen atoms in total. The number of Topliss-reactive ketones (excluding diaryl/α,β-unsaturated/α-hetero) is 1. The quantitative estimate of drug-likeness (QED) is 0.522. The fourth-order valence-electron chi connectivity index (χ4n) is 1.94. The zero-order chi connectivity index (χ0) is 17.9. The summed E-state index contributed by atoms with van der Waals surface area (Å²) >= 11 is 15.7. The molecule has 1 atom stereocenters. The molecule has 2 aromatic rings. The molecule has 0 fully saturated rings. The summed E-state index contributed by atoms with van der Waals surface area (Å²) in [7, 11) is 0. The molecule has 0 aliphatic rings.